The molecule has 2 amide bonds. The lowest BCUT2D eigenvalue weighted by atomic mass is 10.1. The number of nitrogens with two attached hydrogens (primary N) is 1. The standard InChI is InChI=1S/C17H18BrN3O3.ClH/c18-15-8-7-14(24-15)16(22)20-12-5-3-11(4-6-12)17(23)21-9-1-2-13(21)10-19;/h3-8,13H,1-2,9-10,19H2,(H,20,22);1H. The van der Waals surface area contributed by atoms with E-state index < -0.39 is 0 Å². The van der Waals surface area contributed by atoms with Gasteiger partial charge in [-0.1, -0.05) is 0 Å². The quantitative estimate of drug-likeness (QED) is 0.782. The number of halogens is 2. The Bertz CT molecular complexity index is 748. The fourth-order valence-corrected chi connectivity index (χ4v) is 3.15. The second kappa shape index (κ2) is 8.51. The van der Waals surface area contributed by atoms with Crippen LogP contribution >= 0.6 is 28.3 Å². The van der Waals surface area contributed by atoms with Crippen LogP contribution in [0.1, 0.15) is 33.8 Å². The van der Waals surface area contributed by atoms with Gasteiger partial charge in [-0.3, -0.25) is 9.59 Å². The minimum absolute atomic E-state index is 0. The Morgan fingerprint density at radius 2 is 1.96 bits per heavy atom. The SMILES string of the molecule is Cl.NCC1CCCN1C(=O)c1ccc(NC(=O)c2ccc(Br)o2)cc1. The number of amides is 2. The molecule has 0 saturated carbocycles. The molecule has 1 atom stereocenters. The molecule has 0 radical (unpaired) electrons. The first-order valence-electron chi connectivity index (χ1n) is 7.76. The van der Waals surface area contributed by atoms with E-state index in [9.17, 15) is 9.59 Å². The summed E-state index contributed by atoms with van der Waals surface area (Å²) in [6.45, 7) is 1.23. The largest absolute Gasteiger partial charge is 0.444 e. The molecule has 1 unspecified atom stereocenters. The normalized spacial score (nSPS) is 16.4. The van der Waals surface area contributed by atoms with E-state index in [1.165, 1.54) is 0 Å². The number of furan rings is 1. The fourth-order valence-electron chi connectivity index (χ4n) is 2.84. The summed E-state index contributed by atoms with van der Waals surface area (Å²) in [4.78, 5) is 26.4. The lowest BCUT2D eigenvalue weighted by molar-refractivity contribution is 0.0741. The maximum Gasteiger partial charge on any atom is 0.291 e. The molecule has 1 aliphatic heterocycles. The van der Waals surface area contributed by atoms with Crippen LogP contribution in [0.4, 0.5) is 5.69 Å². The number of nitrogens with zero attached hydrogens (tertiary/aromatic N) is 1. The minimum atomic E-state index is -0.345. The van der Waals surface area contributed by atoms with Crippen LogP contribution in [0.25, 0.3) is 0 Å². The van der Waals surface area contributed by atoms with E-state index in [-0.39, 0.29) is 36.0 Å². The monoisotopic (exact) mass is 427 g/mol. The van der Waals surface area contributed by atoms with Crippen LogP contribution in [0, 0.1) is 0 Å². The Labute approximate surface area is 160 Å². The van der Waals surface area contributed by atoms with Crippen molar-refractivity contribution in [2.75, 3.05) is 18.4 Å². The third-order valence-corrected chi connectivity index (χ3v) is 4.52. The molecule has 6 nitrogen and oxygen atoms in total. The van der Waals surface area contributed by atoms with Crippen molar-refractivity contribution >= 4 is 45.8 Å². The van der Waals surface area contributed by atoms with E-state index >= 15 is 0 Å². The number of anilines is 1. The molecule has 1 aliphatic rings. The maximum atomic E-state index is 12.5. The number of hydrogen-bond acceptors (Lipinski definition) is 4. The van der Waals surface area contributed by atoms with Crippen molar-refractivity contribution in [3.63, 3.8) is 0 Å². The molecule has 2 aromatic rings. The van der Waals surface area contributed by atoms with Crippen LogP contribution in [0.5, 0.6) is 0 Å². The van der Waals surface area contributed by atoms with Gasteiger partial charge in [0.1, 0.15) is 0 Å². The summed E-state index contributed by atoms with van der Waals surface area (Å²) in [6.07, 6.45) is 1.94. The smallest absolute Gasteiger partial charge is 0.291 e. The summed E-state index contributed by atoms with van der Waals surface area (Å²) in [5.74, 6) is -0.150. The Balaban J connectivity index is 0.00000225. The second-order valence-electron chi connectivity index (χ2n) is 5.67. The molecule has 1 saturated heterocycles. The Morgan fingerprint density at radius 1 is 1.24 bits per heavy atom. The van der Waals surface area contributed by atoms with Crippen LogP contribution in [-0.2, 0) is 0 Å². The zero-order chi connectivity index (χ0) is 17.1. The topological polar surface area (TPSA) is 88.6 Å². The Hall–Kier alpha value is -1.83. The van der Waals surface area contributed by atoms with Gasteiger partial charge in [0.2, 0.25) is 0 Å². The van der Waals surface area contributed by atoms with E-state index in [0.29, 0.717) is 22.5 Å². The molecule has 134 valence electrons. The number of carbonyl (C=O) groups excluding carboxylic acids is 2. The van der Waals surface area contributed by atoms with E-state index in [4.69, 9.17) is 10.2 Å². The third-order valence-electron chi connectivity index (χ3n) is 4.10. The second-order valence-corrected chi connectivity index (χ2v) is 6.45. The molecule has 0 spiro atoms. The van der Waals surface area contributed by atoms with Gasteiger partial charge in [-0.2, -0.15) is 0 Å². The minimum Gasteiger partial charge on any atom is -0.444 e. The van der Waals surface area contributed by atoms with Gasteiger partial charge in [-0.25, -0.2) is 0 Å². The van der Waals surface area contributed by atoms with Gasteiger partial charge in [0.05, 0.1) is 0 Å². The average Bonchev–Trinajstić information content (AvgIpc) is 3.23. The van der Waals surface area contributed by atoms with Crippen LogP contribution in [0.2, 0.25) is 0 Å². The lowest BCUT2D eigenvalue weighted by Crippen LogP contribution is -2.39. The van der Waals surface area contributed by atoms with E-state index in [1.807, 2.05) is 4.90 Å². The Kier molecular flexibility index (Phi) is 6.64. The molecule has 1 aromatic carbocycles. The van der Waals surface area contributed by atoms with E-state index in [2.05, 4.69) is 21.2 Å². The Morgan fingerprint density at radius 3 is 2.56 bits per heavy atom. The molecule has 0 aliphatic carbocycles. The molecular formula is C17H19BrClN3O3. The summed E-state index contributed by atoms with van der Waals surface area (Å²) >= 11 is 3.16. The van der Waals surface area contributed by atoms with Gasteiger partial charge in [0.25, 0.3) is 11.8 Å². The molecule has 1 aromatic heterocycles. The first-order chi connectivity index (χ1) is 11.6. The third kappa shape index (κ3) is 4.42. The zero-order valence-electron chi connectivity index (χ0n) is 13.4. The number of likely N-dealkylation sites (tertiary alicyclic amines) is 1. The number of rotatable bonds is 4. The zero-order valence-corrected chi connectivity index (χ0v) is 15.8. The number of benzene rings is 1. The van der Waals surface area contributed by atoms with Gasteiger partial charge < -0.3 is 20.4 Å². The van der Waals surface area contributed by atoms with Crippen LogP contribution in [0.15, 0.2) is 45.5 Å². The highest BCUT2D eigenvalue weighted by molar-refractivity contribution is 9.10. The van der Waals surface area contributed by atoms with E-state index in [1.54, 1.807) is 36.4 Å². The summed E-state index contributed by atoms with van der Waals surface area (Å²) < 4.78 is 5.70. The highest BCUT2D eigenvalue weighted by Crippen LogP contribution is 2.21. The van der Waals surface area contributed by atoms with Crippen molar-refractivity contribution in [2.45, 2.75) is 18.9 Å². The van der Waals surface area contributed by atoms with Gasteiger partial charge in [0.15, 0.2) is 10.4 Å². The summed E-state index contributed by atoms with van der Waals surface area (Å²) in [6, 6.07) is 10.2. The average molecular weight is 429 g/mol. The molecule has 2 heterocycles. The lowest BCUT2D eigenvalue weighted by Gasteiger charge is -2.23. The van der Waals surface area contributed by atoms with Crippen molar-refractivity contribution in [1.29, 1.82) is 0 Å². The first-order valence-corrected chi connectivity index (χ1v) is 8.55. The highest BCUT2D eigenvalue weighted by Gasteiger charge is 2.28. The molecule has 3 N–H and O–H groups in total. The summed E-state index contributed by atoms with van der Waals surface area (Å²) in [5, 5.41) is 2.73. The van der Waals surface area contributed by atoms with Gasteiger partial charge in [-0.15, -0.1) is 12.4 Å². The van der Waals surface area contributed by atoms with Gasteiger partial charge in [0, 0.05) is 30.4 Å². The molecule has 25 heavy (non-hydrogen) atoms. The van der Waals surface area contributed by atoms with Crippen molar-refractivity contribution in [2.24, 2.45) is 5.73 Å². The van der Waals surface area contributed by atoms with Crippen molar-refractivity contribution in [1.82, 2.24) is 4.90 Å². The van der Waals surface area contributed by atoms with Gasteiger partial charge >= 0.3 is 0 Å². The predicted octanol–water partition coefficient (Wildman–Crippen LogP) is 3.28. The summed E-state index contributed by atoms with van der Waals surface area (Å²) in [5.41, 5.74) is 6.91. The van der Waals surface area contributed by atoms with Gasteiger partial charge in [-0.05, 0) is 65.2 Å². The number of hydrogen-bond donors (Lipinski definition) is 2. The number of nitrogens with one attached hydrogen (secondary N) is 1. The number of carbonyl (C=O) groups is 2. The predicted molar refractivity (Wildman–Crippen MR) is 101 cm³/mol. The fraction of sp³-hybridized carbons (Fsp3) is 0.294. The van der Waals surface area contributed by atoms with Crippen molar-refractivity contribution in [3.8, 4) is 0 Å². The summed E-state index contributed by atoms with van der Waals surface area (Å²) in [7, 11) is 0. The van der Waals surface area contributed by atoms with Crippen molar-refractivity contribution < 1.29 is 14.0 Å². The molecule has 3 rings (SSSR count). The van der Waals surface area contributed by atoms with Crippen LogP contribution < -0.4 is 11.1 Å². The molecular weight excluding hydrogens is 410 g/mol. The molecule has 8 heteroatoms. The van der Waals surface area contributed by atoms with Crippen LogP contribution in [-0.4, -0.2) is 35.8 Å². The maximum absolute atomic E-state index is 12.5. The first kappa shape index (κ1) is 19.5. The van der Waals surface area contributed by atoms with Crippen LogP contribution in [0.3, 0.4) is 0 Å². The molecule has 0 bridgehead atoms. The highest BCUT2D eigenvalue weighted by atomic mass is 79.9. The van der Waals surface area contributed by atoms with Crippen molar-refractivity contribution in [3.05, 3.63) is 52.4 Å². The molecule has 1 fully saturated rings. The van der Waals surface area contributed by atoms with E-state index in [0.717, 1.165) is 19.4 Å².